The second-order valence-corrected chi connectivity index (χ2v) is 8.54. The molecule has 1 N–H and O–H groups in total. The van der Waals surface area contributed by atoms with Crippen LogP contribution in [0.2, 0.25) is 0 Å². The maximum absolute atomic E-state index is 13.0. The van der Waals surface area contributed by atoms with Gasteiger partial charge in [-0.05, 0) is 29.7 Å². The molecule has 4 aromatic rings. The lowest BCUT2D eigenvalue weighted by Gasteiger charge is -2.16. The highest BCUT2D eigenvalue weighted by molar-refractivity contribution is 6.13. The molecular formula is C29H30N2O3. The molecule has 1 aromatic heterocycles. The van der Waals surface area contributed by atoms with E-state index in [2.05, 4.69) is 18.8 Å². The van der Waals surface area contributed by atoms with Gasteiger partial charge in [0.15, 0.2) is 6.04 Å². The van der Waals surface area contributed by atoms with E-state index in [0.29, 0.717) is 6.42 Å². The third kappa shape index (κ3) is 4.88. The molecule has 1 heterocycles. The first-order valence-electron chi connectivity index (χ1n) is 11.5. The van der Waals surface area contributed by atoms with Crippen molar-refractivity contribution in [3.8, 4) is 5.75 Å². The Morgan fingerprint density at radius 3 is 2.06 bits per heavy atom. The number of rotatable bonds is 8. The summed E-state index contributed by atoms with van der Waals surface area (Å²) in [6.45, 7) is 4.28. The number of methoxy groups -OCH3 is 2. The average molecular weight is 455 g/mol. The highest BCUT2D eigenvalue weighted by Gasteiger charge is 2.25. The number of aromatic amines is 1. The fraction of sp³-hybridized carbons (Fsp3) is 0.241. The number of hydrogen-bond acceptors (Lipinski definition) is 4. The molecule has 0 aliphatic carbocycles. The molecule has 0 bridgehead atoms. The molecule has 174 valence electrons. The van der Waals surface area contributed by atoms with Gasteiger partial charge >= 0.3 is 5.97 Å². The van der Waals surface area contributed by atoms with Gasteiger partial charge in [-0.3, -0.25) is 4.99 Å². The maximum Gasteiger partial charge on any atom is 0.330 e. The summed E-state index contributed by atoms with van der Waals surface area (Å²) >= 11 is 0. The second-order valence-electron chi connectivity index (χ2n) is 8.54. The van der Waals surface area contributed by atoms with Crippen molar-refractivity contribution in [3.63, 3.8) is 0 Å². The molecular weight excluding hydrogens is 424 g/mol. The molecule has 0 aliphatic heterocycles. The number of H-pyrrole nitrogens is 1. The average Bonchev–Trinajstić information content (AvgIpc) is 3.24. The summed E-state index contributed by atoms with van der Waals surface area (Å²) < 4.78 is 10.7. The van der Waals surface area contributed by atoms with Gasteiger partial charge in [-0.15, -0.1) is 0 Å². The number of carbonyl (C=O) groups excluding carboxylic acids is 1. The van der Waals surface area contributed by atoms with Crippen molar-refractivity contribution in [3.05, 3.63) is 101 Å². The van der Waals surface area contributed by atoms with Gasteiger partial charge in [0.2, 0.25) is 0 Å². The topological polar surface area (TPSA) is 63.7 Å². The van der Waals surface area contributed by atoms with E-state index in [1.807, 2.05) is 78.9 Å². The molecule has 0 saturated carbocycles. The van der Waals surface area contributed by atoms with E-state index >= 15 is 0 Å². The van der Waals surface area contributed by atoms with Crippen LogP contribution in [0.15, 0.2) is 83.9 Å². The molecule has 0 saturated heterocycles. The van der Waals surface area contributed by atoms with Gasteiger partial charge in [0.1, 0.15) is 5.75 Å². The number of carbonyl (C=O) groups is 1. The Labute approximate surface area is 200 Å². The zero-order valence-electron chi connectivity index (χ0n) is 20.0. The first-order chi connectivity index (χ1) is 16.5. The third-order valence-corrected chi connectivity index (χ3v) is 5.97. The number of nitrogens with one attached hydrogen (secondary N) is 1. The van der Waals surface area contributed by atoms with Crippen LogP contribution in [-0.4, -0.2) is 36.9 Å². The Kier molecular flexibility index (Phi) is 7.12. The minimum atomic E-state index is -0.705. The summed E-state index contributed by atoms with van der Waals surface area (Å²) in [4.78, 5) is 21.6. The van der Waals surface area contributed by atoms with Crippen molar-refractivity contribution in [2.75, 3.05) is 14.2 Å². The maximum atomic E-state index is 13.0. The third-order valence-electron chi connectivity index (χ3n) is 5.97. The Balaban J connectivity index is 1.86. The summed E-state index contributed by atoms with van der Waals surface area (Å²) in [6.07, 6.45) is 0.413. The molecule has 5 heteroatoms. The van der Waals surface area contributed by atoms with Crippen LogP contribution >= 0.6 is 0 Å². The van der Waals surface area contributed by atoms with E-state index in [1.165, 1.54) is 7.11 Å². The number of fused-ring (bicyclic) bond motifs is 1. The van der Waals surface area contributed by atoms with Gasteiger partial charge in [0.25, 0.3) is 0 Å². The molecule has 34 heavy (non-hydrogen) atoms. The zero-order chi connectivity index (χ0) is 24.1. The molecule has 5 nitrogen and oxygen atoms in total. The van der Waals surface area contributed by atoms with E-state index < -0.39 is 6.04 Å². The predicted octanol–water partition coefficient (Wildman–Crippen LogP) is 5.92. The van der Waals surface area contributed by atoms with Crippen LogP contribution in [0.25, 0.3) is 10.9 Å². The van der Waals surface area contributed by atoms with Gasteiger partial charge in [0.05, 0.1) is 19.9 Å². The van der Waals surface area contributed by atoms with E-state index in [9.17, 15) is 4.79 Å². The number of hydrogen-bond donors (Lipinski definition) is 1. The standard InChI is InChI=1S/C29H30N2O3/c1-19(2)27-24(23-17-22(33-3)15-16-25(23)30-27)18-26(29(32)34-4)31-28(20-11-7-5-8-12-20)21-13-9-6-10-14-21/h5-17,19,26,30H,18H2,1-4H3/t26-/m1/s1. The number of aliphatic imine (C=N–C) groups is 1. The first kappa shape index (κ1) is 23.3. The normalized spacial score (nSPS) is 11.9. The summed E-state index contributed by atoms with van der Waals surface area (Å²) in [5, 5.41) is 1.04. The minimum Gasteiger partial charge on any atom is -0.497 e. The number of ether oxygens (including phenoxy) is 2. The molecule has 0 fully saturated rings. The fourth-order valence-electron chi connectivity index (χ4n) is 4.26. The number of nitrogens with zero attached hydrogens (tertiary/aromatic N) is 1. The monoisotopic (exact) mass is 454 g/mol. The lowest BCUT2D eigenvalue weighted by molar-refractivity contribution is -0.142. The van der Waals surface area contributed by atoms with Crippen LogP contribution in [0.3, 0.4) is 0 Å². The van der Waals surface area contributed by atoms with Gasteiger partial charge in [-0.25, -0.2) is 4.79 Å². The largest absolute Gasteiger partial charge is 0.497 e. The van der Waals surface area contributed by atoms with Crippen LogP contribution in [0, 0.1) is 0 Å². The Morgan fingerprint density at radius 1 is 0.912 bits per heavy atom. The van der Waals surface area contributed by atoms with Gasteiger partial charge in [-0.1, -0.05) is 74.5 Å². The van der Waals surface area contributed by atoms with Crippen LogP contribution in [0.4, 0.5) is 0 Å². The molecule has 0 amide bonds. The molecule has 3 aromatic carbocycles. The van der Waals surface area contributed by atoms with Crippen molar-refractivity contribution < 1.29 is 14.3 Å². The highest BCUT2D eigenvalue weighted by Crippen LogP contribution is 2.32. The Bertz CT molecular complexity index is 1250. The lowest BCUT2D eigenvalue weighted by Crippen LogP contribution is -2.25. The molecule has 0 aliphatic rings. The predicted molar refractivity (Wildman–Crippen MR) is 137 cm³/mol. The fourth-order valence-corrected chi connectivity index (χ4v) is 4.26. The number of aromatic nitrogens is 1. The number of benzene rings is 3. The molecule has 1 atom stereocenters. The van der Waals surface area contributed by atoms with Crippen molar-refractivity contribution in [1.29, 1.82) is 0 Å². The van der Waals surface area contributed by atoms with Gasteiger partial charge < -0.3 is 14.5 Å². The minimum absolute atomic E-state index is 0.249. The quantitative estimate of drug-likeness (QED) is 0.265. The first-order valence-corrected chi connectivity index (χ1v) is 11.5. The highest BCUT2D eigenvalue weighted by atomic mass is 16.5. The van der Waals surface area contributed by atoms with Crippen LogP contribution < -0.4 is 4.74 Å². The van der Waals surface area contributed by atoms with E-state index in [1.54, 1.807) is 7.11 Å². The summed E-state index contributed by atoms with van der Waals surface area (Å²) in [5.74, 6) is 0.658. The van der Waals surface area contributed by atoms with Gasteiger partial charge in [0, 0.05) is 34.1 Å². The van der Waals surface area contributed by atoms with Crippen molar-refractivity contribution >= 4 is 22.6 Å². The van der Waals surface area contributed by atoms with Crippen molar-refractivity contribution in [2.24, 2.45) is 4.99 Å². The number of esters is 1. The van der Waals surface area contributed by atoms with Crippen molar-refractivity contribution in [1.82, 2.24) is 4.98 Å². The SMILES string of the molecule is COC(=O)[C@@H](Cc1c(C(C)C)[nH]c2ccc(OC)cc12)N=C(c1ccccc1)c1ccccc1. The molecule has 0 spiro atoms. The van der Waals surface area contributed by atoms with E-state index in [4.69, 9.17) is 14.5 Å². The summed E-state index contributed by atoms with van der Waals surface area (Å²) in [6, 6.07) is 25.1. The smallest absolute Gasteiger partial charge is 0.330 e. The van der Waals surface area contributed by atoms with E-state index in [-0.39, 0.29) is 11.9 Å². The Hall–Kier alpha value is -3.86. The van der Waals surface area contributed by atoms with Gasteiger partial charge in [-0.2, -0.15) is 0 Å². The molecule has 0 radical (unpaired) electrons. The molecule has 4 rings (SSSR count). The zero-order valence-corrected chi connectivity index (χ0v) is 20.0. The van der Waals surface area contributed by atoms with Crippen LogP contribution in [0.1, 0.15) is 42.1 Å². The van der Waals surface area contributed by atoms with Crippen molar-refractivity contribution in [2.45, 2.75) is 32.2 Å². The van der Waals surface area contributed by atoms with Crippen LogP contribution in [0.5, 0.6) is 5.75 Å². The summed E-state index contributed by atoms with van der Waals surface area (Å²) in [7, 11) is 3.07. The second kappa shape index (κ2) is 10.4. The summed E-state index contributed by atoms with van der Waals surface area (Å²) in [5.41, 5.74) is 5.83. The van der Waals surface area contributed by atoms with E-state index in [0.717, 1.165) is 44.7 Å². The lowest BCUT2D eigenvalue weighted by atomic mass is 9.96. The molecule has 0 unspecified atom stereocenters. The Morgan fingerprint density at radius 2 is 1.53 bits per heavy atom. The van der Waals surface area contributed by atoms with Crippen LogP contribution in [-0.2, 0) is 16.0 Å².